The molecular formula is C8H14N4O2. The SMILES string of the molecule is CC(C)(CNC(=O)O)c1cc(N)n[nH]1. The van der Waals surface area contributed by atoms with Gasteiger partial charge < -0.3 is 16.2 Å². The van der Waals surface area contributed by atoms with Gasteiger partial charge in [-0.25, -0.2) is 4.79 Å². The van der Waals surface area contributed by atoms with Crippen molar-refractivity contribution < 1.29 is 9.90 Å². The van der Waals surface area contributed by atoms with Crippen LogP contribution in [0.25, 0.3) is 0 Å². The number of aromatic amines is 1. The van der Waals surface area contributed by atoms with Crippen LogP contribution < -0.4 is 11.1 Å². The normalized spacial score (nSPS) is 11.3. The lowest BCUT2D eigenvalue weighted by atomic mass is 9.89. The van der Waals surface area contributed by atoms with E-state index in [2.05, 4.69) is 15.5 Å². The Balaban J connectivity index is 2.69. The monoisotopic (exact) mass is 198 g/mol. The smallest absolute Gasteiger partial charge is 0.404 e. The molecule has 6 nitrogen and oxygen atoms in total. The average molecular weight is 198 g/mol. The van der Waals surface area contributed by atoms with E-state index in [4.69, 9.17) is 10.8 Å². The summed E-state index contributed by atoms with van der Waals surface area (Å²) in [4.78, 5) is 10.3. The molecule has 5 N–H and O–H groups in total. The molecular weight excluding hydrogens is 184 g/mol. The Morgan fingerprint density at radius 1 is 1.79 bits per heavy atom. The van der Waals surface area contributed by atoms with Gasteiger partial charge in [-0.3, -0.25) is 5.10 Å². The minimum atomic E-state index is -1.04. The quantitative estimate of drug-likeness (QED) is 0.568. The van der Waals surface area contributed by atoms with E-state index in [1.54, 1.807) is 6.07 Å². The van der Waals surface area contributed by atoms with Crippen LogP contribution in [-0.4, -0.2) is 27.9 Å². The minimum Gasteiger partial charge on any atom is -0.465 e. The van der Waals surface area contributed by atoms with Crippen LogP contribution in [0.1, 0.15) is 19.5 Å². The third-order valence-electron chi connectivity index (χ3n) is 2.01. The number of amides is 1. The van der Waals surface area contributed by atoms with E-state index < -0.39 is 6.09 Å². The number of rotatable bonds is 3. The number of hydrogen-bond donors (Lipinski definition) is 4. The highest BCUT2D eigenvalue weighted by molar-refractivity contribution is 5.64. The van der Waals surface area contributed by atoms with Crippen molar-refractivity contribution in [2.75, 3.05) is 12.3 Å². The number of carbonyl (C=O) groups is 1. The second-order valence-corrected chi connectivity index (χ2v) is 3.75. The van der Waals surface area contributed by atoms with Crippen molar-refractivity contribution in [1.82, 2.24) is 15.5 Å². The first-order valence-corrected chi connectivity index (χ1v) is 4.20. The largest absolute Gasteiger partial charge is 0.465 e. The number of nitrogen functional groups attached to an aromatic ring is 1. The van der Waals surface area contributed by atoms with Crippen LogP contribution in [0, 0.1) is 0 Å². The van der Waals surface area contributed by atoms with E-state index in [0.717, 1.165) is 5.69 Å². The van der Waals surface area contributed by atoms with E-state index in [1.165, 1.54) is 0 Å². The topological polar surface area (TPSA) is 104 Å². The number of nitrogens with zero attached hydrogens (tertiary/aromatic N) is 1. The van der Waals surface area contributed by atoms with Gasteiger partial charge in [-0.15, -0.1) is 0 Å². The first kappa shape index (κ1) is 10.4. The van der Waals surface area contributed by atoms with Gasteiger partial charge in [0, 0.05) is 23.7 Å². The summed E-state index contributed by atoms with van der Waals surface area (Å²) in [5.41, 5.74) is 5.92. The van der Waals surface area contributed by atoms with Gasteiger partial charge in [0.1, 0.15) is 5.82 Å². The van der Waals surface area contributed by atoms with Crippen molar-refractivity contribution in [1.29, 1.82) is 0 Å². The molecule has 1 amide bonds. The maximum Gasteiger partial charge on any atom is 0.404 e. The molecule has 0 spiro atoms. The number of H-pyrrole nitrogens is 1. The third-order valence-corrected chi connectivity index (χ3v) is 2.01. The summed E-state index contributed by atoms with van der Waals surface area (Å²) >= 11 is 0. The first-order valence-electron chi connectivity index (χ1n) is 4.20. The van der Waals surface area contributed by atoms with E-state index >= 15 is 0 Å². The number of aromatic nitrogens is 2. The number of nitrogens with one attached hydrogen (secondary N) is 2. The zero-order valence-corrected chi connectivity index (χ0v) is 8.16. The van der Waals surface area contributed by atoms with E-state index in [9.17, 15) is 4.79 Å². The molecule has 14 heavy (non-hydrogen) atoms. The maximum atomic E-state index is 10.3. The summed E-state index contributed by atoms with van der Waals surface area (Å²) in [7, 11) is 0. The van der Waals surface area contributed by atoms with Crippen LogP contribution in [0.15, 0.2) is 6.07 Å². The van der Waals surface area contributed by atoms with Gasteiger partial charge in [0.05, 0.1) is 0 Å². The highest BCUT2D eigenvalue weighted by atomic mass is 16.4. The van der Waals surface area contributed by atoms with Crippen molar-refractivity contribution in [2.45, 2.75) is 19.3 Å². The van der Waals surface area contributed by atoms with Gasteiger partial charge in [0.25, 0.3) is 0 Å². The van der Waals surface area contributed by atoms with Crippen LogP contribution in [-0.2, 0) is 5.41 Å². The lowest BCUT2D eigenvalue weighted by Crippen LogP contribution is -2.36. The molecule has 0 saturated heterocycles. The van der Waals surface area contributed by atoms with Gasteiger partial charge >= 0.3 is 6.09 Å². The molecule has 78 valence electrons. The highest BCUT2D eigenvalue weighted by Gasteiger charge is 2.23. The molecule has 0 aliphatic carbocycles. The zero-order chi connectivity index (χ0) is 10.8. The van der Waals surface area contributed by atoms with Crippen LogP contribution in [0.3, 0.4) is 0 Å². The number of anilines is 1. The van der Waals surface area contributed by atoms with Crippen LogP contribution in [0.2, 0.25) is 0 Å². The summed E-state index contributed by atoms with van der Waals surface area (Å²) in [6.07, 6.45) is -1.04. The summed E-state index contributed by atoms with van der Waals surface area (Å²) in [6.45, 7) is 4.11. The number of nitrogens with two attached hydrogens (primary N) is 1. The number of hydrogen-bond acceptors (Lipinski definition) is 3. The molecule has 0 bridgehead atoms. The predicted octanol–water partition coefficient (Wildman–Crippen LogP) is 0.537. The standard InChI is InChI=1S/C8H14N4O2/c1-8(2,4-10-7(13)14)5-3-6(9)12-11-5/h3,10H,4H2,1-2H3,(H,13,14)(H3,9,11,12). The van der Waals surface area contributed by atoms with Gasteiger partial charge in [-0.1, -0.05) is 13.8 Å². The first-order chi connectivity index (χ1) is 6.42. The van der Waals surface area contributed by atoms with Crippen molar-refractivity contribution in [3.05, 3.63) is 11.8 Å². The molecule has 0 aliphatic rings. The molecule has 0 radical (unpaired) electrons. The van der Waals surface area contributed by atoms with Crippen molar-refractivity contribution in [2.24, 2.45) is 0 Å². The molecule has 1 rings (SSSR count). The van der Waals surface area contributed by atoms with Gasteiger partial charge in [0.2, 0.25) is 0 Å². The Bertz CT molecular complexity index is 332. The molecule has 1 aromatic heterocycles. The zero-order valence-electron chi connectivity index (χ0n) is 8.16. The van der Waals surface area contributed by atoms with Crippen molar-refractivity contribution in [3.8, 4) is 0 Å². The van der Waals surface area contributed by atoms with Gasteiger partial charge in [0.15, 0.2) is 0 Å². The Kier molecular flexibility index (Phi) is 2.64. The lowest BCUT2D eigenvalue weighted by Gasteiger charge is -2.22. The predicted molar refractivity (Wildman–Crippen MR) is 52.1 cm³/mol. The van der Waals surface area contributed by atoms with Gasteiger partial charge in [-0.2, -0.15) is 5.10 Å². The van der Waals surface area contributed by atoms with Crippen molar-refractivity contribution >= 4 is 11.9 Å². The summed E-state index contributed by atoms with van der Waals surface area (Å²) in [6, 6.07) is 1.70. The summed E-state index contributed by atoms with van der Waals surface area (Å²) < 4.78 is 0. The minimum absolute atomic E-state index is 0.309. The Morgan fingerprint density at radius 2 is 2.43 bits per heavy atom. The molecule has 1 aromatic rings. The fourth-order valence-corrected chi connectivity index (χ4v) is 1.08. The molecule has 0 aromatic carbocycles. The molecule has 0 unspecified atom stereocenters. The average Bonchev–Trinajstić information content (AvgIpc) is 2.49. The van der Waals surface area contributed by atoms with E-state index in [1.807, 2.05) is 13.8 Å². The van der Waals surface area contributed by atoms with E-state index in [-0.39, 0.29) is 5.41 Å². The lowest BCUT2D eigenvalue weighted by molar-refractivity contribution is 0.191. The fourth-order valence-electron chi connectivity index (χ4n) is 1.08. The number of carboxylic acid groups (broad SMARTS) is 1. The molecule has 0 atom stereocenters. The van der Waals surface area contributed by atoms with E-state index in [0.29, 0.717) is 12.4 Å². The second kappa shape index (κ2) is 3.57. The maximum absolute atomic E-state index is 10.3. The molecule has 1 heterocycles. The van der Waals surface area contributed by atoms with Gasteiger partial charge in [-0.05, 0) is 0 Å². The Morgan fingerprint density at radius 3 is 2.86 bits per heavy atom. The molecule has 6 heteroatoms. The Labute approximate surface area is 81.5 Å². The molecule has 0 aliphatic heterocycles. The summed E-state index contributed by atoms with van der Waals surface area (Å²) in [5, 5.41) is 17.3. The Hall–Kier alpha value is -1.72. The summed E-state index contributed by atoms with van der Waals surface area (Å²) in [5.74, 6) is 0.406. The van der Waals surface area contributed by atoms with Crippen LogP contribution >= 0.6 is 0 Å². The fraction of sp³-hybridized carbons (Fsp3) is 0.500. The molecule has 0 fully saturated rings. The molecule has 0 saturated carbocycles. The third kappa shape index (κ3) is 2.38. The second-order valence-electron chi connectivity index (χ2n) is 3.75. The van der Waals surface area contributed by atoms with Crippen LogP contribution in [0.5, 0.6) is 0 Å². The van der Waals surface area contributed by atoms with Crippen LogP contribution in [0.4, 0.5) is 10.6 Å². The van der Waals surface area contributed by atoms with Crippen molar-refractivity contribution in [3.63, 3.8) is 0 Å². The highest BCUT2D eigenvalue weighted by Crippen LogP contribution is 2.21.